The van der Waals surface area contributed by atoms with Gasteiger partial charge in [0.15, 0.2) is 5.65 Å². The van der Waals surface area contributed by atoms with Crippen molar-refractivity contribution in [2.45, 2.75) is 19.4 Å². The molecule has 0 bridgehead atoms. The Morgan fingerprint density at radius 2 is 2.21 bits per heavy atom. The Morgan fingerprint density at radius 3 is 2.79 bits per heavy atom. The van der Waals surface area contributed by atoms with Gasteiger partial charge >= 0.3 is 5.97 Å². The molecule has 2 aromatic rings. The summed E-state index contributed by atoms with van der Waals surface area (Å²) in [5.41, 5.74) is 0.437. The van der Waals surface area contributed by atoms with Crippen molar-refractivity contribution in [3.63, 3.8) is 0 Å². The summed E-state index contributed by atoms with van der Waals surface area (Å²) < 4.78 is 1.58. The monoisotopic (exact) mass is 258 g/mol. The van der Waals surface area contributed by atoms with E-state index in [1.165, 1.54) is 6.20 Å². The molecule has 0 aliphatic carbocycles. The second-order valence-electron chi connectivity index (χ2n) is 4.75. The second kappa shape index (κ2) is 4.28. The molecule has 0 fully saturated rings. The molecule has 2 rings (SSSR count). The predicted molar refractivity (Wildman–Crippen MR) is 72.0 cm³/mol. The van der Waals surface area contributed by atoms with Gasteiger partial charge in [0.1, 0.15) is 5.56 Å². The number of hydrogen-bond donors (Lipinski definition) is 2. The van der Waals surface area contributed by atoms with Crippen LogP contribution in [0.5, 0.6) is 0 Å². The molecule has 0 radical (unpaired) electrons. The fourth-order valence-corrected chi connectivity index (χ4v) is 1.74. The first kappa shape index (κ1) is 12.9. The van der Waals surface area contributed by atoms with Crippen LogP contribution >= 0.6 is 0 Å². The lowest BCUT2D eigenvalue weighted by molar-refractivity contribution is 0.0697. The summed E-state index contributed by atoms with van der Waals surface area (Å²) in [6.07, 6.45) is 8.31. The van der Waals surface area contributed by atoms with Gasteiger partial charge in [-0.25, -0.2) is 9.78 Å². The second-order valence-corrected chi connectivity index (χ2v) is 4.75. The van der Waals surface area contributed by atoms with E-state index >= 15 is 0 Å². The number of nitrogens with zero attached hydrogens (tertiary/aromatic N) is 3. The van der Waals surface area contributed by atoms with Crippen molar-refractivity contribution in [1.82, 2.24) is 14.8 Å². The minimum absolute atomic E-state index is 0.0730. The molecule has 0 atom stereocenters. The van der Waals surface area contributed by atoms with Gasteiger partial charge in [-0.15, -0.1) is 6.42 Å². The van der Waals surface area contributed by atoms with Gasteiger partial charge in [-0.1, -0.05) is 5.92 Å². The van der Waals surface area contributed by atoms with Gasteiger partial charge in [0.25, 0.3) is 0 Å². The molecular formula is C13H14N4O2. The zero-order chi connectivity index (χ0) is 14.2. The van der Waals surface area contributed by atoms with Crippen LogP contribution in [0.2, 0.25) is 0 Å². The molecule has 0 spiro atoms. The summed E-state index contributed by atoms with van der Waals surface area (Å²) in [5, 5.41) is 17.0. The molecule has 2 aromatic heterocycles. The number of carbonyl (C=O) groups is 1. The van der Waals surface area contributed by atoms with E-state index in [2.05, 4.69) is 21.3 Å². The molecule has 0 aliphatic rings. The minimum Gasteiger partial charge on any atom is -0.478 e. The highest BCUT2D eigenvalue weighted by molar-refractivity contribution is 6.03. The summed E-state index contributed by atoms with van der Waals surface area (Å²) in [6, 6.07) is 0. The van der Waals surface area contributed by atoms with Crippen LogP contribution < -0.4 is 5.32 Å². The standard InChI is InChI=1S/C13H14N4O2/c1-5-13(2,3)16-10-8-7-15-17(4)11(8)14-6-9(10)12(18)19/h1,6-7H,2-4H3,(H,14,16)(H,18,19). The minimum atomic E-state index is -1.06. The topological polar surface area (TPSA) is 80.0 Å². The lowest BCUT2D eigenvalue weighted by atomic mass is 10.0. The maximum atomic E-state index is 11.3. The molecule has 2 N–H and O–H groups in total. The fourth-order valence-electron chi connectivity index (χ4n) is 1.74. The van der Waals surface area contributed by atoms with E-state index in [1.807, 2.05) is 0 Å². The van der Waals surface area contributed by atoms with Crippen LogP contribution in [-0.2, 0) is 7.05 Å². The van der Waals surface area contributed by atoms with Crippen LogP contribution in [0.4, 0.5) is 5.69 Å². The van der Waals surface area contributed by atoms with Gasteiger partial charge in [0.2, 0.25) is 0 Å². The lowest BCUT2D eigenvalue weighted by Crippen LogP contribution is -2.29. The van der Waals surface area contributed by atoms with Crippen molar-refractivity contribution in [1.29, 1.82) is 0 Å². The summed E-state index contributed by atoms with van der Waals surface area (Å²) in [4.78, 5) is 15.4. The van der Waals surface area contributed by atoms with Gasteiger partial charge in [0.05, 0.1) is 22.8 Å². The average molecular weight is 258 g/mol. The molecule has 0 saturated heterocycles. The quantitative estimate of drug-likeness (QED) is 0.815. The van der Waals surface area contributed by atoms with E-state index in [-0.39, 0.29) is 5.56 Å². The number of rotatable bonds is 3. The maximum Gasteiger partial charge on any atom is 0.339 e. The van der Waals surface area contributed by atoms with Gasteiger partial charge < -0.3 is 10.4 Å². The van der Waals surface area contributed by atoms with E-state index < -0.39 is 11.5 Å². The molecule has 6 heteroatoms. The largest absolute Gasteiger partial charge is 0.478 e. The van der Waals surface area contributed by atoms with E-state index in [0.717, 1.165) is 0 Å². The van der Waals surface area contributed by atoms with Crippen molar-refractivity contribution < 1.29 is 9.90 Å². The van der Waals surface area contributed by atoms with Gasteiger partial charge in [-0.2, -0.15) is 5.10 Å². The van der Waals surface area contributed by atoms with E-state index in [0.29, 0.717) is 16.7 Å². The number of carboxylic acid groups (broad SMARTS) is 1. The zero-order valence-corrected chi connectivity index (χ0v) is 10.9. The van der Waals surface area contributed by atoms with Crippen LogP contribution in [0, 0.1) is 12.3 Å². The Morgan fingerprint density at radius 1 is 1.53 bits per heavy atom. The summed E-state index contributed by atoms with van der Waals surface area (Å²) in [5.74, 6) is 1.51. The highest BCUT2D eigenvalue weighted by Gasteiger charge is 2.22. The first-order valence-electron chi connectivity index (χ1n) is 5.65. The van der Waals surface area contributed by atoms with E-state index in [1.54, 1.807) is 31.8 Å². The Bertz CT molecular complexity index is 694. The Hall–Kier alpha value is -2.55. The molecule has 19 heavy (non-hydrogen) atoms. The number of carboxylic acids is 1. The maximum absolute atomic E-state index is 11.3. The third kappa shape index (κ3) is 2.22. The van der Waals surface area contributed by atoms with Crippen LogP contribution in [0.15, 0.2) is 12.4 Å². The molecule has 6 nitrogen and oxygen atoms in total. The smallest absolute Gasteiger partial charge is 0.339 e. The first-order valence-corrected chi connectivity index (χ1v) is 5.65. The number of aromatic carboxylic acids is 1. The molecule has 0 amide bonds. The predicted octanol–water partition coefficient (Wildman–Crippen LogP) is 1.49. The third-order valence-corrected chi connectivity index (χ3v) is 2.79. The van der Waals surface area contributed by atoms with Crippen molar-refractivity contribution >= 4 is 22.7 Å². The summed E-state index contributed by atoms with van der Waals surface area (Å²) in [6.45, 7) is 3.59. The Balaban J connectivity index is 2.70. The number of aryl methyl sites for hydroxylation is 1. The number of anilines is 1. The van der Waals surface area contributed by atoms with Crippen molar-refractivity contribution in [3.8, 4) is 12.3 Å². The molecule has 2 heterocycles. The molecule has 0 saturated carbocycles. The van der Waals surface area contributed by atoms with Crippen LogP contribution in [0.25, 0.3) is 11.0 Å². The van der Waals surface area contributed by atoms with Crippen molar-refractivity contribution in [3.05, 3.63) is 18.0 Å². The first-order chi connectivity index (χ1) is 8.85. The zero-order valence-electron chi connectivity index (χ0n) is 10.9. The van der Waals surface area contributed by atoms with Gasteiger partial charge in [0, 0.05) is 13.2 Å². The Kier molecular flexibility index (Phi) is 2.91. The SMILES string of the molecule is C#CC(C)(C)Nc1c(C(=O)O)cnc2c1cnn2C. The number of aromatic nitrogens is 3. The van der Waals surface area contributed by atoms with Crippen LogP contribution in [0.1, 0.15) is 24.2 Å². The van der Waals surface area contributed by atoms with Crippen molar-refractivity contribution in [2.24, 2.45) is 7.05 Å². The number of pyridine rings is 1. The molecule has 0 unspecified atom stereocenters. The number of nitrogens with one attached hydrogen (secondary N) is 1. The number of terminal acetylenes is 1. The van der Waals surface area contributed by atoms with Crippen LogP contribution in [0.3, 0.4) is 0 Å². The normalized spacial score (nSPS) is 11.3. The van der Waals surface area contributed by atoms with E-state index in [9.17, 15) is 9.90 Å². The molecule has 0 aromatic carbocycles. The third-order valence-electron chi connectivity index (χ3n) is 2.79. The molecule has 0 aliphatic heterocycles. The summed E-state index contributed by atoms with van der Waals surface area (Å²) in [7, 11) is 1.74. The fraction of sp³-hybridized carbons (Fsp3) is 0.308. The average Bonchev–Trinajstić information content (AvgIpc) is 2.71. The van der Waals surface area contributed by atoms with Crippen LogP contribution in [-0.4, -0.2) is 31.4 Å². The van der Waals surface area contributed by atoms with E-state index in [4.69, 9.17) is 6.42 Å². The molecule has 98 valence electrons. The Labute approximate surface area is 110 Å². The number of hydrogen-bond acceptors (Lipinski definition) is 4. The van der Waals surface area contributed by atoms with Gasteiger partial charge in [-0.05, 0) is 13.8 Å². The van der Waals surface area contributed by atoms with Gasteiger partial charge in [-0.3, -0.25) is 4.68 Å². The lowest BCUT2D eigenvalue weighted by Gasteiger charge is -2.22. The highest BCUT2D eigenvalue weighted by atomic mass is 16.4. The molecular weight excluding hydrogens is 244 g/mol. The van der Waals surface area contributed by atoms with Crippen molar-refractivity contribution in [2.75, 3.05) is 5.32 Å². The number of fused-ring (bicyclic) bond motifs is 1. The highest BCUT2D eigenvalue weighted by Crippen LogP contribution is 2.28. The summed E-state index contributed by atoms with van der Waals surface area (Å²) >= 11 is 0.